The first-order chi connectivity index (χ1) is 20.8. The predicted octanol–water partition coefficient (Wildman–Crippen LogP) is 3.43. The highest BCUT2D eigenvalue weighted by atomic mass is 32.2. The minimum atomic E-state index is -4.22. The number of rotatable bonds is 8. The molecule has 0 bridgehead atoms. The number of phenols is 2. The Morgan fingerprint density at radius 1 is 0.955 bits per heavy atom. The van der Waals surface area contributed by atoms with E-state index >= 15 is 0 Å². The second kappa shape index (κ2) is 12.1. The number of fused-ring (bicyclic) bond motifs is 2. The first-order valence-electron chi connectivity index (χ1n) is 13.6. The lowest BCUT2D eigenvalue weighted by Crippen LogP contribution is -2.37. The van der Waals surface area contributed by atoms with Crippen molar-refractivity contribution < 1.29 is 56.5 Å². The van der Waals surface area contributed by atoms with Crippen molar-refractivity contribution in [1.29, 1.82) is 0 Å². The maximum atomic E-state index is 13.9. The van der Waals surface area contributed by atoms with Gasteiger partial charge in [0.05, 0.1) is 34.3 Å². The second-order valence-corrected chi connectivity index (χ2v) is 11.9. The number of aromatic nitrogens is 1. The fraction of sp³-hybridized carbons (Fsp3) is 0.267. The van der Waals surface area contributed by atoms with Gasteiger partial charge in [-0.25, -0.2) is 14.4 Å². The molecule has 1 saturated heterocycles. The normalized spacial score (nSPS) is 13.8. The van der Waals surface area contributed by atoms with Gasteiger partial charge in [0.1, 0.15) is 17.2 Å². The van der Waals surface area contributed by atoms with Crippen molar-refractivity contribution in [3.8, 4) is 17.2 Å². The van der Waals surface area contributed by atoms with Crippen LogP contribution in [0.4, 0.5) is 0 Å². The van der Waals surface area contributed by atoms with Crippen molar-refractivity contribution in [2.24, 2.45) is 0 Å². The zero-order chi connectivity index (χ0) is 31.8. The summed E-state index contributed by atoms with van der Waals surface area (Å²) in [6, 6.07) is 11.6. The van der Waals surface area contributed by atoms with E-state index in [0.29, 0.717) is 33.8 Å². The molecule has 3 aromatic carbocycles. The Morgan fingerprint density at radius 3 is 2.09 bits per heavy atom. The van der Waals surface area contributed by atoms with Crippen molar-refractivity contribution in [2.75, 3.05) is 12.4 Å². The Balaban J connectivity index is 1.53. The van der Waals surface area contributed by atoms with E-state index in [1.54, 1.807) is 30.5 Å². The molecular formula is C30H29N2O11S+. The quantitative estimate of drug-likeness (QED) is 0.0858. The van der Waals surface area contributed by atoms with E-state index in [2.05, 4.69) is 0 Å². The van der Waals surface area contributed by atoms with E-state index in [4.69, 9.17) is 14.4 Å². The monoisotopic (exact) mass is 625 g/mol. The summed E-state index contributed by atoms with van der Waals surface area (Å²) in [6.07, 6.45) is 0.748. The second-order valence-electron chi connectivity index (χ2n) is 10.4. The average molecular weight is 626 g/mol. The number of phenolic OH excluding ortho intramolecular Hbond substituents is 2. The zero-order valence-electron chi connectivity index (χ0n) is 23.8. The molecule has 1 amide bonds. The van der Waals surface area contributed by atoms with Crippen LogP contribution in [0.25, 0.3) is 21.8 Å². The molecule has 14 heteroatoms. The molecule has 1 fully saturated rings. The third-order valence-corrected chi connectivity index (χ3v) is 7.88. The average Bonchev–Trinajstić information content (AvgIpc) is 2.94. The summed E-state index contributed by atoms with van der Waals surface area (Å²) in [5.74, 6) is -2.79. The number of aryl methyl sites for hydroxylation is 3. The largest absolute Gasteiger partial charge is 0.508 e. The van der Waals surface area contributed by atoms with Gasteiger partial charge in [0.2, 0.25) is 11.0 Å². The Morgan fingerprint density at radius 2 is 1.55 bits per heavy atom. The summed E-state index contributed by atoms with van der Waals surface area (Å²) in [6.45, 7) is 3.60. The van der Waals surface area contributed by atoms with E-state index < -0.39 is 33.7 Å². The number of pyridine rings is 1. The Labute approximate surface area is 251 Å². The van der Waals surface area contributed by atoms with E-state index in [9.17, 15) is 37.6 Å². The molecule has 1 aliphatic rings. The minimum Gasteiger partial charge on any atom is -0.508 e. The number of nitrogens with zero attached hydrogens (tertiary/aromatic N) is 2. The summed E-state index contributed by atoms with van der Waals surface area (Å²) in [7, 11) is -4.22. The molecule has 3 N–H and O–H groups in total. The third kappa shape index (κ3) is 6.41. The number of amides is 1. The molecule has 5 rings (SSSR count). The molecule has 230 valence electrons. The highest BCUT2D eigenvalue weighted by molar-refractivity contribution is 7.85. The number of hydrogen-bond acceptors (Lipinski definition) is 10. The molecule has 0 unspecified atom stereocenters. The van der Waals surface area contributed by atoms with Gasteiger partial charge in [0.25, 0.3) is 16.0 Å². The van der Waals surface area contributed by atoms with Gasteiger partial charge in [0.15, 0.2) is 6.54 Å². The van der Waals surface area contributed by atoms with Gasteiger partial charge in [-0.3, -0.25) is 9.35 Å². The van der Waals surface area contributed by atoms with E-state index in [1.165, 1.54) is 36.4 Å². The van der Waals surface area contributed by atoms with Crippen LogP contribution < -0.4 is 9.30 Å². The number of carbonyl (C=O) groups excluding carboxylic acids is 3. The van der Waals surface area contributed by atoms with Crippen LogP contribution >= 0.6 is 0 Å². The van der Waals surface area contributed by atoms with Crippen LogP contribution in [0.2, 0.25) is 0 Å². The lowest BCUT2D eigenvalue weighted by atomic mass is 10.0. The van der Waals surface area contributed by atoms with Gasteiger partial charge >= 0.3 is 11.9 Å². The Bertz CT molecular complexity index is 1850. The number of aromatic hydroxyl groups is 2. The minimum absolute atomic E-state index is 0.0240. The maximum absolute atomic E-state index is 13.9. The van der Waals surface area contributed by atoms with Gasteiger partial charge in [-0.1, -0.05) is 0 Å². The molecule has 0 aliphatic carbocycles. The van der Waals surface area contributed by atoms with Gasteiger partial charge in [-0.2, -0.15) is 13.0 Å². The van der Waals surface area contributed by atoms with E-state index in [1.807, 2.05) is 0 Å². The molecule has 1 aliphatic heterocycles. The highest BCUT2D eigenvalue weighted by Gasteiger charge is 2.29. The van der Waals surface area contributed by atoms with Crippen molar-refractivity contribution >= 4 is 49.8 Å². The van der Waals surface area contributed by atoms with Gasteiger partial charge in [-0.05, 0) is 73.0 Å². The van der Waals surface area contributed by atoms with Crippen molar-refractivity contribution in [3.63, 3.8) is 0 Å². The van der Waals surface area contributed by atoms with E-state index in [0.717, 1.165) is 0 Å². The van der Waals surface area contributed by atoms with Crippen LogP contribution in [-0.4, -0.2) is 58.6 Å². The molecule has 4 aromatic rings. The molecule has 0 atom stereocenters. The summed E-state index contributed by atoms with van der Waals surface area (Å²) in [5, 5.41) is 21.8. The smallest absolute Gasteiger partial charge is 0.366 e. The summed E-state index contributed by atoms with van der Waals surface area (Å²) < 4.78 is 39.5. The maximum Gasteiger partial charge on any atom is 0.366 e. The Kier molecular flexibility index (Phi) is 8.41. The molecule has 0 radical (unpaired) electrons. The predicted molar refractivity (Wildman–Crippen MR) is 154 cm³/mol. The van der Waals surface area contributed by atoms with Crippen LogP contribution in [0.3, 0.4) is 0 Å². The summed E-state index contributed by atoms with van der Waals surface area (Å²) in [5.41, 5.74) is 1.86. The standard InChI is InChI=1S/C30H28N2O11S/c1-17-13-19(29(36)43-32-26(35)5-3-11-41-32)14-18(2)28(17)42-30(37)27-22-15-20(33)6-8-24(22)31(10-4-12-44(38,39)40)25-9-7-21(34)16-23(25)27/h6-9,13-16H,3-5,10-12H2,1-2H3,(H2-,33,34,37,38,39,40)/p+1. The molecule has 0 saturated carbocycles. The van der Waals surface area contributed by atoms with Crippen molar-refractivity contribution in [3.05, 3.63) is 70.8 Å². The summed E-state index contributed by atoms with van der Waals surface area (Å²) in [4.78, 5) is 48.7. The van der Waals surface area contributed by atoms with Gasteiger partial charge in [0, 0.05) is 25.0 Å². The molecule has 13 nitrogen and oxygen atoms in total. The third-order valence-electron chi connectivity index (χ3n) is 7.07. The number of carbonyl (C=O) groups is 3. The topological polar surface area (TPSA) is 181 Å². The number of benzene rings is 3. The van der Waals surface area contributed by atoms with Crippen LogP contribution in [-0.2, 0) is 31.1 Å². The van der Waals surface area contributed by atoms with Crippen molar-refractivity contribution in [1.82, 2.24) is 5.23 Å². The SMILES string of the molecule is Cc1cc(C(=O)ON2OCCCC2=O)cc(C)c1OC(=O)c1c2cc(O)ccc2[n+](CCCS(=O)(=O)O)c2ccc(O)cc12. The molecular weight excluding hydrogens is 596 g/mol. The molecule has 0 spiro atoms. The fourth-order valence-corrected chi connectivity index (χ4v) is 5.67. The number of ether oxygens (including phenoxy) is 1. The molecule has 44 heavy (non-hydrogen) atoms. The first-order valence-corrected chi connectivity index (χ1v) is 15.2. The summed E-state index contributed by atoms with van der Waals surface area (Å²) >= 11 is 0. The van der Waals surface area contributed by atoms with Gasteiger partial charge in [-0.15, -0.1) is 0 Å². The van der Waals surface area contributed by atoms with E-state index in [-0.39, 0.29) is 65.1 Å². The van der Waals surface area contributed by atoms with Crippen LogP contribution in [0.5, 0.6) is 17.2 Å². The number of hydrogen-bond donors (Lipinski definition) is 3. The fourth-order valence-electron chi connectivity index (χ4n) is 5.17. The van der Waals surface area contributed by atoms with Crippen molar-refractivity contribution in [2.45, 2.75) is 39.7 Å². The van der Waals surface area contributed by atoms with Gasteiger partial charge < -0.3 is 19.8 Å². The Hall–Kier alpha value is -4.79. The zero-order valence-corrected chi connectivity index (χ0v) is 24.6. The lowest BCUT2D eigenvalue weighted by Gasteiger charge is -2.23. The van der Waals surface area contributed by atoms with Crippen LogP contribution in [0.1, 0.15) is 51.1 Å². The van der Waals surface area contributed by atoms with Crippen LogP contribution in [0, 0.1) is 13.8 Å². The van der Waals surface area contributed by atoms with Crippen LogP contribution in [0.15, 0.2) is 48.5 Å². The number of hydroxylamine groups is 2. The number of esters is 1. The highest BCUT2D eigenvalue weighted by Crippen LogP contribution is 2.33. The lowest BCUT2D eigenvalue weighted by molar-refractivity contribution is -0.645. The molecule has 1 aromatic heterocycles. The molecule has 2 heterocycles. The first kappa shape index (κ1) is 30.7.